The van der Waals surface area contributed by atoms with Crippen molar-refractivity contribution in [1.82, 2.24) is 9.80 Å². The smallest absolute Gasteiger partial charge is 0.295 e. The van der Waals surface area contributed by atoms with E-state index in [0.717, 1.165) is 6.54 Å². The van der Waals surface area contributed by atoms with Crippen molar-refractivity contribution < 1.29 is 24.2 Å². The lowest BCUT2D eigenvalue weighted by atomic mass is 9.94. The van der Waals surface area contributed by atoms with Gasteiger partial charge in [0.15, 0.2) is 0 Å². The first-order chi connectivity index (χ1) is 15.3. The summed E-state index contributed by atoms with van der Waals surface area (Å²) < 4.78 is 10.7. The number of amides is 1. The Kier molecular flexibility index (Phi) is 7.43. The number of nitrogens with zero attached hydrogens (tertiary/aromatic N) is 2. The van der Waals surface area contributed by atoms with Crippen LogP contribution in [0.25, 0.3) is 5.76 Å². The molecule has 1 amide bonds. The van der Waals surface area contributed by atoms with E-state index < -0.39 is 17.7 Å². The van der Waals surface area contributed by atoms with Gasteiger partial charge in [0, 0.05) is 11.6 Å². The third kappa shape index (κ3) is 4.74. The molecule has 3 rings (SSSR count). The van der Waals surface area contributed by atoms with Crippen LogP contribution in [-0.4, -0.2) is 68.0 Å². The van der Waals surface area contributed by atoms with Gasteiger partial charge < -0.3 is 24.4 Å². The first kappa shape index (κ1) is 23.6. The average molecular weight is 459 g/mol. The fourth-order valence-electron chi connectivity index (χ4n) is 3.84. The number of aliphatic hydroxyl groups excluding tert-OH is 1. The van der Waals surface area contributed by atoms with E-state index in [2.05, 4.69) is 0 Å². The third-order valence-electron chi connectivity index (χ3n) is 5.37. The molecule has 2 aromatic rings. The Hall–Kier alpha value is -3.03. The fourth-order valence-corrected chi connectivity index (χ4v) is 4.01. The number of carbonyl (C=O) groups excluding carboxylic acids is 2. The molecule has 1 aliphatic heterocycles. The van der Waals surface area contributed by atoms with Crippen molar-refractivity contribution in [2.75, 3.05) is 41.4 Å². The van der Waals surface area contributed by atoms with Gasteiger partial charge in [0.1, 0.15) is 17.3 Å². The van der Waals surface area contributed by atoms with E-state index in [1.54, 1.807) is 43.5 Å². The summed E-state index contributed by atoms with van der Waals surface area (Å²) >= 11 is 6.14. The van der Waals surface area contributed by atoms with Crippen molar-refractivity contribution in [3.63, 3.8) is 0 Å². The van der Waals surface area contributed by atoms with E-state index in [4.69, 9.17) is 21.1 Å². The highest BCUT2D eigenvalue weighted by Gasteiger charge is 2.46. The van der Waals surface area contributed by atoms with Gasteiger partial charge in [-0.1, -0.05) is 23.7 Å². The van der Waals surface area contributed by atoms with E-state index in [9.17, 15) is 14.7 Å². The number of carbonyl (C=O) groups is 2. The zero-order valence-electron chi connectivity index (χ0n) is 18.6. The molecule has 0 bridgehead atoms. The Bertz CT molecular complexity index is 1050. The molecule has 1 fully saturated rings. The molecule has 1 aliphatic rings. The number of Topliss-reactive ketones (excluding diaryl/α,β-unsaturated/α-hetero) is 1. The molecule has 32 heavy (non-hydrogen) atoms. The normalized spacial score (nSPS) is 17.8. The maximum Gasteiger partial charge on any atom is 0.295 e. The molecule has 1 saturated heterocycles. The fraction of sp³-hybridized carbons (Fsp3) is 0.333. The summed E-state index contributed by atoms with van der Waals surface area (Å²) in [6.07, 6.45) is 0.668. The van der Waals surface area contributed by atoms with Gasteiger partial charge in [-0.2, -0.15) is 0 Å². The number of aliphatic hydroxyl groups is 1. The van der Waals surface area contributed by atoms with Gasteiger partial charge in [-0.15, -0.1) is 0 Å². The monoisotopic (exact) mass is 458 g/mol. The van der Waals surface area contributed by atoms with Crippen LogP contribution in [-0.2, 0) is 9.59 Å². The van der Waals surface area contributed by atoms with Crippen LogP contribution in [0.15, 0.2) is 48.0 Å². The molecule has 0 radical (unpaired) electrons. The molecule has 7 nitrogen and oxygen atoms in total. The summed E-state index contributed by atoms with van der Waals surface area (Å²) in [5.74, 6) is -0.802. The number of likely N-dealkylation sites (tertiary alicyclic amines) is 1. The Morgan fingerprint density at radius 2 is 1.88 bits per heavy atom. The van der Waals surface area contributed by atoms with Gasteiger partial charge >= 0.3 is 0 Å². The predicted molar refractivity (Wildman–Crippen MR) is 123 cm³/mol. The summed E-state index contributed by atoms with van der Waals surface area (Å²) in [6.45, 7) is 1.10. The molecular formula is C24H27ClN2O5. The second kappa shape index (κ2) is 10.1. The molecular weight excluding hydrogens is 432 g/mol. The lowest BCUT2D eigenvalue weighted by molar-refractivity contribution is -0.139. The minimum Gasteiger partial charge on any atom is -0.507 e. The van der Waals surface area contributed by atoms with Crippen LogP contribution >= 0.6 is 11.6 Å². The van der Waals surface area contributed by atoms with Crippen molar-refractivity contribution >= 4 is 29.1 Å². The minimum atomic E-state index is -0.768. The van der Waals surface area contributed by atoms with Crippen LogP contribution in [0.2, 0.25) is 5.02 Å². The summed E-state index contributed by atoms with van der Waals surface area (Å²) in [7, 11) is 6.89. The zero-order chi connectivity index (χ0) is 23.4. The van der Waals surface area contributed by atoms with Crippen molar-refractivity contribution in [2.24, 2.45) is 0 Å². The van der Waals surface area contributed by atoms with Crippen molar-refractivity contribution in [3.8, 4) is 11.5 Å². The Balaban J connectivity index is 2.17. The van der Waals surface area contributed by atoms with Crippen LogP contribution in [0.5, 0.6) is 11.5 Å². The number of ether oxygens (including phenoxy) is 2. The second-order valence-electron chi connectivity index (χ2n) is 7.77. The maximum absolute atomic E-state index is 13.1. The van der Waals surface area contributed by atoms with Gasteiger partial charge in [0.25, 0.3) is 11.7 Å². The second-order valence-corrected chi connectivity index (χ2v) is 8.21. The van der Waals surface area contributed by atoms with Crippen LogP contribution < -0.4 is 9.47 Å². The SMILES string of the molecule is COc1cccc(C2/C(=C(\O)c3cc(Cl)ccc3OC)C(=O)C(=O)N2CCCN(C)C)c1. The number of benzene rings is 2. The highest BCUT2D eigenvalue weighted by Crippen LogP contribution is 2.42. The molecule has 1 atom stereocenters. The van der Waals surface area contributed by atoms with E-state index in [0.29, 0.717) is 35.1 Å². The summed E-state index contributed by atoms with van der Waals surface area (Å²) in [4.78, 5) is 29.7. The summed E-state index contributed by atoms with van der Waals surface area (Å²) in [6, 6.07) is 11.1. The lowest BCUT2D eigenvalue weighted by Crippen LogP contribution is -2.32. The van der Waals surface area contributed by atoms with E-state index in [-0.39, 0.29) is 16.9 Å². The Labute approximate surface area is 192 Å². The summed E-state index contributed by atoms with van der Waals surface area (Å²) in [5, 5.41) is 11.6. The van der Waals surface area contributed by atoms with Crippen LogP contribution in [0, 0.1) is 0 Å². The molecule has 0 spiro atoms. The average Bonchev–Trinajstić information content (AvgIpc) is 3.03. The maximum atomic E-state index is 13.1. The summed E-state index contributed by atoms with van der Waals surface area (Å²) in [5.41, 5.74) is 0.906. The van der Waals surface area contributed by atoms with E-state index in [1.165, 1.54) is 18.1 Å². The highest BCUT2D eigenvalue weighted by atomic mass is 35.5. The van der Waals surface area contributed by atoms with E-state index in [1.807, 2.05) is 19.0 Å². The first-order valence-electron chi connectivity index (χ1n) is 10.2. The van der Waals surface area contributed by atoms with Crippen molar-refractivity contribution in [1.29, 1.82) is 0 Å². The number of hydrogen-bond donors (Lipinski definition) is 1. The van der Waals surface area contributed by atoms with Gasteiger partial charge in [0.05, 0.1) is 31.4 Å². The number of hydrogen-bond acceptors (Lipinski definition) is 6. The van der Waals surface area contributed by atoms with Crippen LogP contribution in [0.1, 0.15) is 23.6 Å². The van der Waals surface area contributed by atoms with Gasteiger partial charge in [-0.25, -0.2) is 0 Å². The van der Waals surface area contributed by atoms with Gasteiger partial charge in [0.2, 0.25) is 0 Å². The molecule has 2 aromatic carbocycles. The number of halogens is 1. The number of rotatable bonds is 8. The van der Waals surface area contributed by atoms with Crippen molar-refractivity contribution in [3.05, 3.63) is 64.2 Å². The largest absolute Gasteiger partial charge is 0.507 e. The topological polar surface area (TPSA) is 79.3 Å². The lowest BCUT2D eigenvalue weighted by Gasteiger charge is -2.26. The minimum absolute atomic E-state index is 0.00586. The van der Waals surface area contributed by atoms with Crippen LogP contribution in [0.4, 0.5) is 0 Å². The highest BCUT2D eigenvalue weighted by molar-refractivity contribution is 6.46. The molecule has 8 heteroatoms. The van der Waals surface area contributed by atoms with Gasteiger partial charge in [-0.05, 0) is 63.0 Å². The third-order valence-corrected chi connectivity index (χ3v) is 5.61. The Morgan fingerprint density at radius 3 is 2.53 bits per heavy atom. The number of ketones is 1. The van der Waals surface area contributed by atoms with Gasteiger partial charge in [-0.3, -0.25) is 9.59 Å². The number of methoxy groups -OCH3 is 2. The van der Waals surface area contributed by atoms with Crippen LogP contribution in [0.3, 0.4) is 0 Å². The molecule has 0 aromatic heterocycles. The molecule has 1 heterocycles. The molecule has 0 saturated carbocycles. The predicted octanol–water partition coefficient (Wildman–Crippen LogP) is 3.73. The molecule has 170 valence electrons. The first-order valence-corrected chi connectivity index (χ1v) is 10.6. The molecule has 1 N–H and O–H groups in total. The van der Waals surface area contributed by atoms with E-state index >= 15 is 0 Å². The molecule has 1 unspecified atom stereocenters. The van der Waals surface area contributed by atoms with Crippen molar-refractivity contribution in [2.45, 2.75) is 12.5 Å². The quantitative estimate of drug-likeness (QED) is 0.369. The Morgan fingerprint density at radius 1 is 1.12 bits per heavy atom. The molecule has 0 aliphatic carbocycles. The zero-order valence-corrected chi connectivity index (χ0v) is 19.3. The standard InChI is InChI=1S/C24H27ClN2O5/c1-26(2)11-6-12-27-21(15-7-5-8-17(13-15)31-3)20(23(29)24(27)30)22(28)18-14-16(25)9-10-19(18)32-4/h5,7-10,13-14,21,28H,6,11-12H2,1-4H3/b22-20+.